The topological polar surface area (TPSA) is 88.2 Å². The minimum atomic E-state index is -0.374. The third-order valence-corrected chi connectivity index (χ3v) is 6.12. The minimum Gasteiger partial charge on any atom is -0.391 e. The van der Waals surface area contributed by atoms with Crippen LogP contribution in [-0.2, 0) is 11.4 Å². The standard InChI is InChI=1S/C20H22ClN3O2S/c1-11-7-14(13-3-5-15(21)6-4-13)8-16(11)19(26)24-17(9-22)20-23-12(2)18(10-25)27-20/h3-7,17,25H,8-10,22H2,1-2H3,(H,24,26). The molecule has 27 heavy (non-hydrogen) atoms. The highest BCUT2D eigenvalue weighted by Gasteiger charge is 2.24. The molecule has 0 spiro atoms. The summed E-state index contributed by atoms with van der Waals surface area (Å²) in [6, 6.07) is 7.24. The van der Waals surface area contributed by atoms with Gasteiger partial charge in [-0.2, -0.15) is 0 Å². The summed E-state index contributed by atoms with van der Waals surface area (Å²) in [6.07, 6.45) is 2.60. The molecule has 1 unspecified atom stereocenters. The summed E-state index contributed by atoms with van der Waals surface area (Å²) in [6.45, 7) is 3.96. The fraction of sp³-hybridized carbons (Fsp3) is 0.300. The number of nitrogens with zero attached hydrogens (tertiary/aromatic N) is 1. The molecule has 0 bridgehead atoms. The Balaban J connectivity index is 1.72. The Hall–Kier alpha value is -1.99. The van der Waals surface area contributed by atoms with Crippen molar-refractivity contribution in [3.8, 4) is 0 Å². The maximum absolute atomic E-state index is 12.8. The van der Waals surface area contributed by atoms with E-state index in [1.54, 1.807) is 0 Å². The molecule has 0 saturated heterocycles. The van der Waals surface area contributed by atoms with Crippen LogP contribution in [-0.4, -0.2) is 22.5 Å². The van der Waals surface area contributed by atoms with Crippen molar-refractivity contribution in [2.45, 2.75) is 32.9 Å². The lowest BCUT2D eigenvalue weighted by molar-refractivity contribution is -0.118. The van der Waals surface area contributed by atoms with Crippen LogP contribution in [0.3, 0.4) is 0 Å². The van der Waals surface area contributed by atoms with Crippen LogP contribution in [0.5, 0.6) is 0 Å². The maximum Gasteiger partial charge on any atom is 0.248 e. The normalized spacial score (nSPS) is 15.1. The number of thiazole rings is 1. The lowest BCUT2D eigenvalue weighted by Crippen LogP contribution is -2.34. The van der Waals surface area contributed by atoms with Crippen molar-refractivity contribution in [3.63, 3.8) is 0 Å². The van der Waals surface area contributed by atoms with Crippen LogP contribution in [0.25, 0.3) is 5.57 Å². The molecule has 0 fully saturated rings. The van der Waals surface area contributed by atoms with E-state index in [0.717, 1.165) is 37.9 Å². The molecule has 0 aliphatic heterocycles. The minimum absolute atomic E-state index is 0.0621. The van der Waals surface area contributed by atoms with Gasteiger partial charge in [0.05, 0.1) is 23.2 Å². The second-order valence-corrected chi connectivity index (χ2v) is 8.05. The Morgan fingerprint density at radius 2 is 2.07 bits per heavy atom. The third-order valence-electron chi connectivity index (χ3n) is 4.62. The number of carbonyl (C=O) groups excluding carboxylic acids is 1. The van der Waals surface area contributed by atoms with Gasteiger partial charge < -0.3 is 16.2 Å². The second-order valence-electron chi connectivity index (χ2n) is 6.50. The van der Waals surface area contributed by atoms with Crippen molar-refractivity contribution in [2.24, 2.45) is 5.73 Å². The van der Waals surface area contributed by atoms with Gasteiger partial charge in [-0.25, -0.2) is 4.98 Å². The summed E-state index contributed by atoms with van der Waals surface area (Å²) in [5, 5.41) is 13.8. The number of hydrogen-bond acceptors (Lipinski definition) is 5. The average Bonchev–Trinajstić information content (AvgIpc) is 3.22. The van der Waals surface area contributed by atoms with Gasteiger partial charge in [0.2, 0.25) is 5.91 Å². The molecule has 1 aromatic heterocycles. The number of allylic oxidation sites excluding steroid dienone is 3. The second kappa shape index (κ2) is 8.35. The van der Waals surface area contributed by atoms with E-state index in [1.807, 2.05) is 44.2 Å². The third kappa shape index (κ3) is 4.30. The Labute approximate surface area is 167 Å². The van der Waals surface area contributed by atoms with Crippen molar-refractivity contribution in [1.82, 2.24) is 10.3 Å². The number of rotatable bonds is 6. The summed E-state index contributed by atoms with van der Waals surface area (Å²) < 4.78 is 0. The van der Waals surface area contributed by atoms with Crippen LogP contribution in [0.1, 0.15) is 40.5 Å². The fourth-order valence-corrected chi connectivity index (χ4v) is 4.17. The molecule has 1 atom stereocenters. The van der Waals surface area contributed by atoms with Crippen molar-refractivity contribution in [3.05, 3.63) is 67.7 Å². The molecule has 4 N–H and O–H groups in total. The van der Waals surface area contributed by atoms with E-state index in [9.17, 15) is 9.90 Å². The Morgan fingerprint density at radius 3 is 2.67 bits per heavy atom. The van der Waals surface area contributed by atoms with Crippen LogP contribution in [0, 0.1) is 6.92 Å². The SMILES string of the molecule is CC1=C(C(=O)NC(CN)c2nc(C)c(CO)s2)CC(c2ccc(Cl)cc2)=C1. The summed E-state index contributed by atoms with van der Waals surface area (Å²) in [5.74, 6) is -0.137. The summed E-state index contributed by atoms with van der Waals surface area (Å²) in [4.78, 5) is 18.1. The molecule has 1 heterocycles. The molecule has 5 nitrogen and oxygen atoms in total. The summed E-state index contributed by atoms with van der Waals surface area (Å²) in [5.41, 5.74) is 10.5. The van der Waals surface area contributed by atoms with E-state index in [1.165, 1.54) is 11.3 Å². The molecule has 3 rings (SSSR count). The Morgan fingerprint density at radius 1 is 1.37 bits per heavy atom. The first-order valence-electron chi connectivity index (χ1n) is 8.67. The van der Waals surface area contributed by atoms with Gasteiger partial charge in [-0.15, -0.1) is 11.3 Å². The molecular weight excluding hydrogens is 382 g/mol. The molecule has 1 aliphatic rings. The van der Waals surface area contributed by atoms with E-state index >= 15 is 0 Å². The van der Waals surface area contributed by atoms with Gasteiger partial charge >= 0.3 is 0 Å². The maximum atomic E-state index is 12.8. The van der Waals surface area contributed by atoms with Crippen molar-refractivity contribution in [2.75, 3.05) is 6.54 Å². The highest BCUT2D eigenvalue weighted by atomic mass is 35.5. The monoisotopic (exact) mass is 403 g/mol. The van der Waals surface area contributed by atoms with Gasteiger partial charge in [-0.3, -0.25) is 4.79 Å². The number of nitrogens with two attached hydrogens (primary N) is 1. The van der Waals surface area contributed by atoms with Gasteiger partial charge in [0.25, 0.3) is 0 Å². The number of halogens is 1. The van der Waals surface area contributed by atoms with Crippen molar-refractivity contribution >= 4 is 34.4 Å². The van der Waals surface area contributed by atoms with Gasteiger partial charge in [0.15, 0.2) is 0 Å². The van der Waals surface area contributed by atoms with Crippen molar-refractivity contribution in [1.29, 1.82) is 0 Å². The fourth-order valence-electron chi connectivity index (χ4n) is 3.05. The van der Waals surface area contributed by atoms with E-state index < -0.39 is 0 Å². The Bertz CT molecular complexity index is 916. The molecule has 0 radical (unpaired) electrons. The van der Waals surface area contributed by atoms with Crippen LogP contribution in [0.4, 0.5) is 0 Å². The molecular formula is C20H22ClN3O2S. The number of amides is 1. The lowest BCUT2D eigenvalue weighted by Gasteiger charge is -2.16. The van der Waals surface area contributed by atoms with Gasteiger partial charge in [0.1, 0.15) is 5.01 Å². The van der Waals surface area contributed by atoms with E-state index in [-0.39, 0.29) is 25.1 Å². The highest BCUT2D eigenvalue weighted by molar-refractivity contribution is 7.11. The zero-order chi connectivity index (χ0) is 19.6. The van der Waals surface area contributed by atoms with Crippen LogP contribution in [0.15, 0.2) is 41.5 Å². The first-order chi connectivity index (χ1) is 12.9. The number of benzene rings is 1. The number of aromatic nitrogens is 1. The van der Waals surface area contributed by atoms with Crippen molar-refractivity contribution < 1.29 is 9.90 Å². The number of aryl methyl sites for hydroxylation is 1. The number of nitrogens with one attached hydrogen (secondary N) is 1. The number of aliphatic hydroxyl groups is 1. The van der Waals surface area contributed by atoms with Gasteiger partial charge in [-0.05, 0) is 42.7 Å². The predicted molar refractivity (Wildman–Crippen MR) is 109 cm³/mol. The lowest BCUT2D eigenvalue weighted by atomic mass is 10.0. The molecule has 1 amide bonds. The molecule has 7 heteroatoms. The van der Waals surface area contributed by atoms with Gasteiger partial charge in [-0.1, -0.05) is 29.8 Å². The number of hydrogen-bond donors (Lipinski definition) is 3. The quantitative estimate of drug-likeness (QED) is 0.688. The first kappa shape index (κ1) is 19.8. The van der Waals surface area contributed by atoms with E-state index in [2.05, 4.69) is 10.3 Å². The smallest absolute Gasteiger partial charge is 0.248 e. The predicted octanol–water partition coefficient (Wildman–Crippen LogP) is 3.52. The van der Waals surface area contributed by atoms with E-state index in [0.29, 0.717) is 11.4 Å². The molecule has 0 saturated carbocycles. The molecule has 2 aromatic rings. The summed E-state index contributed by atoms with van der Waals surface area (Å²) in [7, 11) is 0. The molecule has 1 aliphatic carbocycles. The molecule has 1 aromatic carbocycles. The van der Waals surface area contributed by atoms with Crippen LogP contribution < -0.4 is 11.1 Å². The number of aliphatic hydroxyl groups excluding tert-OH is 1. The van der Waals surface area contributed by atoms with Gasteiger partial charge in [0, 0.05) is 23.6 Å². The highest BCUT2D eigenvalue weighted by Crippen LogP contribution is 2.33. The Kier molecular flexibility index (Phi) is 6.11. The zero-order valence-electron chi connectivity index (χ0n) is 15.3. The average molecular weight is 404 g/mol. The van der Waals surface area contributed by atoms with E-state index in [4.69, 9.17) is 17.3 Å². The number of carbonyl (C=O) groups is 1. The first-order valence-corrected chi connectivity index (χ1v) is 9.86. The molecule has 142 valence electrons. The van der Waals surface area contributed by atoms with Crippen LogP contribution >= 0.6 is 22.9 Å². The summed E-state index contributed by atoms with van der Waals surface area (Å²) >= 11 is 7.33. The van der Waals surface area contributed by atoms with Crippen LogP contribution in [0.2, 0.25) is 5.02 Å². The zero-order valence-corrected chi connectivity index (χ0v) is 16.8. The largest absolute Gasteiger partial charge is 0.391 e.